The smallest absolute Gasteiger partial charge is 0.275 e. The Morgan fingerprint density at radius 2 is 1.05 bits per heavy atom. The minimum atomic E-state index is -1.99. The number of rotatable bonds is 10. The van der Waals surface area contributed by atoms with E-state index in [1.807, 2.05) is 54.6 Å². The summed E-state index contributed by atoms with van der Waals surface area (Å²) in [5.41, 5.74) is 6.52. The maximum absolute atomic E-state index is 13.7. The molecule has 7 nitrogen and oxygen atoms in total. The van der Waals surface area contributed by atoms with Crippen LogP contribution in [0.5, 0.6) is 17.2 Å². The normalized spacial score (nSPS) is 11.9. The molecule has 0 bridgehead atoms. The fourth-order valence-electron chi connectivity index (χ4n) is 4.12. The maximum atomic E-state index is 13.7. The van der Waals surface area contributed by atoms with Gasteiger partial charge in [0, 0.05) is 0 Å². The zero-order chi connectivity index (χ0) is 26.3. The molecule has 0 aliphatic carbocycles. The number of aliphatic hydroxyl groups is 1. The van der Waals surface area contributed by atoms with E-state index >= 15 is 0 Å². The van der Waals surface area contributed by atoms with Gasteiger partial charge in [0.15, 0.2) is 5.60 Å². The van der Waals surface area contributed by atoms with E-state index in [-0.39, 0.29) is 6.04 Å². The Morgan fingerprint density at radius 3 is 1.49 bits per heavy atom. The number of methoxy groups -OCH3 is 3. The highest BCUT2D eigenvalue weighted by molar-refractivity contribution is 5.89. The van der Waals surface area contributed by atoms with Crippen LogP contribution in [0.4, 0.5) is 0 Å². The number of nitrogens with one attached hydrogen (secondary N) is 2. The molecule has 0 aromatic heterocycles. The molecule has 3 N–H and O–H groups in total. The molecule has 1 amide bonds. The highest BCUT2D eigenvalue weighted by atomic mass is 16.5. The van der Waals surface area contributed by atoms with Crippen molar-refractivity contribution in [2.45, 2.75) is 11.6 Å². The highest BCUT2D eigenvalue weighted by Crippen LogP contribution is 2.33. The molecule has 4 aromatic rings. The summed E-state index contributed by atoms with van der Waals surface area (Å²) < 4.78 is 15.8. The fraction of sp³-hybridized carbons (Fsp3) is 0.167. The monoisotopic (exact) mass is 498 g/mol. The third-order valence-electron chi connectivity index (χ3n) is 6.26. The highest BCUT2D eigenvalue weighted by Gasteiger charge is 2.40. The molecular formula is C30H30N2O5. The van der Waals surface area contributed by atoms with Crippen molar-refractivity contribution in [2.24, 2.45) is 0 Å². The minimum Gasteiger partial charge on any atom is -0.497 e. The largest absolute Gasteiger partial charge is 0.497 e. The maximum Gasteiger partial charge on any atom is 0.275 e. The SMILES string of the molecule is COc1ccc([C@H](NNC(=O)C(O)(c2ccc(OC)cc2)c2ccc(OC)cc2)c2ccccc2)cc1. The molecule has 0 aliphatic rings. The van der Waals surface area contributed by atoms with Crippen LogP contribution in [0.1, 0.15) is 28.3 Å². The van der Waals surface area contributed by atoms with Gasteiger partial charge in [0.25, 0.3) is 5.91 Å². The van der Waals surface area contributed by atoms with Crippen LogP contribution in [0, 0.1) is 0 Å². The van der Waals surface area contributed by atoms with Gasteiger partial charge in [-0.2, -0.15) is 0 Å². The molecule has 190 valence electrons. The standard InChI is InChI=1S/C30H30N2O5/c1-35-25-15-9-22(10-16-25)28(21-7-5-4-6-8-21)31-32-29(33)30(34,23-11-17-26(36-2)18-12-23)24-13-19-27(37-3)20-14-24/h4-20,28,31,34H,1-3H3,(H,32,33)/t28-/m1/s1. The Bertz CT molecular complexity index is 1240. The van der Waals surface area contributed by atoms with Crippen molar-refractivity contribution >= 4 is 5.91 Å². The molecule has 7 heteroatoms. The average Bonchev–Trinajstić information content (AvgIpc) is 2.97. The lowest BCUT2D eigenvalue weighted by atomic mass is 9.85. The number of amides is 1. The van der Waals surface area contributed by atoms with Crippen molar-refractivity contribution in [3.63, 3.8) is 0 Å². The van der Waals surface area contributed by atoms with Crippen molar-refractivity contribution in [3.8, 4) is 17.2 Å². The predicted octanol–water partition coefficient (Wildman–Crippen LogP) is 4.36. The van der Waals surface area contributed by atoms with Crippen LogP contribution in [0.3, 0.4) is 0 Å². The Labute approximate surface area is 216 Å². The van der Waals surface area contributed by atoms with E-state index in [4.69, 9.17) is 14.2 Å². The zero-order valence-electron chi connectivity index (χ0n) is 21.0. The summed E-state index contributed by atoms with van der Waals surface area (Å²) in [6.45, 7) is 0. The summed E-state index contributed by atoms with van der Waals surface area (Å²) in [6, 6.07) is 30.4. The Balaban J connectivity index is 1.67. The molecular weight excluding hydrogens is 468 g/mol. The van der Waals surface area contributed by atoms with Crippen LogP contribution < -0.4 is 25.1 Å². The molecule has 0 fully saturated rings. The van der Waals surface area contributed by atoms with Gasteiger partial charge in [-0.05, 0) is 58.7 Å². The summed E-state index contributed by atoms with van der Waals surface area (Å²) in [4.78, 5) is 13.7. The molecule has 4 aromatic carbocycles. The fourth-order valence-corrected chi connectivity index (χ4v) is 4.12. The van der Waals surface area contributed by atoms with Crippen LogP contribution in [-0.2, 0) is 10.4 Å². The molecule has 37 heavy (non-hydrogen) atoms. The molecule has 0 unspecified atom stereocenters. The van der Waals surface area contributed by atoms with Gasteiger partial charge < -0.3 is 19.3 Å². The van der Waals surface area contributed by atoms with Gasteiger partial charge in [-0.25, -0.2) is 5.43 Å². The van der Waals surface area contributed by atoms with Gasteiger partial charge in [0.1, 0.15) is 17.2 Å². The lowest BCUT2D eigenvalue weighted by molar-refractivity contribution is -0.138. The van der Waals surface area contributed by atoms with Gasteiger partial charge >= 0.3 is 0 Å². The van der Waals surface area contributed by atoms with Crippen molar-refractivity contribution in [1.29, 1.82) is 0 Å². The molecule has 0 radical (unpaired) electrons. The molecule has 1 atom stereocenters. The van der Waals surface area contributed by atoms with Crippen molar-refractivity contribution < 1.29 is 24.1 Å². The molecule has 0 spiro atoms. The Morgan fingerprint density at radius 1 is 0.649 bits per heavy atom. The topological polar surface area (TPSA) is 89.1 Å². The summed E-state index contributed by atoms with van der Waals surface area (Å²) >= 11 is 0. The van der Waals surface area contributed by atoms with Gasteiger partial charge in [-0.3, -0.25) is 10.2 Å². The Kier molecular flexibility index (Phi) is 8.08. The molecule has 0 saturated carbocycles. The average molecular weight is 499 g/mol. The van der Waals surface area contributed by atoms with Crippen molar-refractivity contribution in [2.75, 3.05) is 21.3 Å². The minimum absolute atomic E-state index is 0.382. The number of benzene rings is 4. The van der Waals surface area contributed by atoms with Crippen LogP contribution in [-0.4, -0.2) is 32.3 Å². The summed E-state index contributed by atoms with van der Waals surface area (Å²) in [5.74, 6) is 1.32. The third-order valence-corrected chi connectivity index (χ3v) is 6.26. The second-order valence-corrected chi connectivity index (χ2v) is 8.38. The first-order valence-electron chi connectivity index (χ1n) is 11.8. The second kappa shape index (κ2) is 11.6. The van der Waals surface area contributed by atoms with E-state index in [9.17, 15) is 9.90 Å². The lowest BCUT2D eigenvalue weighted by Crippen LogP contribution is -2.51. The van der Waals surface area contributed by atoms with E-state index in [2.05, 4.69) is 10.9 Å². The van der Waals surface area contributed by atoms with E-state index in [1.54, 1.807) is 69.9 Å². The summed E-state index contributed by atoms with van der Waals surface area (Å²) in [6.07, 6.45) is 0. The number of ether oxygens (including phenoxy) is 3. The predicted molar refractivity (Wildman–Crippen MR) is 142 cm³/mol. The summed E-state index contributed by atoms with van der Waals surface area (Å²) in [7, 11) is 4.73. The van der Waals surface area contributed by atoms with E-state index in [0.29, 0.717) is 22.6 Å². The number of carbonyl (C=O) groups is 1. The zero-order valence-corrected chi connectivity index (χ0v) is 21.0. The third kappa shape index (κ3) is 5.58. The van der Waals surface area contributed by atoms with E-state index in [1.165, 1.54) is 0 Å². The van der Waals surface area contributed by atoms with Gasteiger partial charge in [0.05, 0.1) is 27.4 Å². The molecule has 0 saturated heterocycles. The van der Waals surface area contributed by atoms with Crippen LogP contribution in [0.2, 0.25) is 0 Å². The first-order chi connectivity index (χ1) is 18.0. The van der Waals surface area contributed by atoms with Gasteiger partial charge in [-0.1, -0.05) is 66.7 Å². The first kappa shape index (κ1) is 25.8. The summed E-state index contributed by atoms with van der Waals surface area (Å²) in [5, 5.41) is 11.9. The first-order valence-corrected chi connectivity index (χ1v) is 11.8. The number of hydrogen-bond donors (Lipinski definition) is 3. The van der Waals surface area contributed by atoms with Gasteiger partial charge in [0.2, 0.25) is 0 Å². The van der Waals surface area contributed by atoms with Crippen LogP contribution >= 0.6 is 0 Å². The van der Waals surface area contributed by atoms with Crippen LogP contribution in [0.15, 0.2) is 103 Å². The number of carbonyl (C=O) groups excluding carboxylic acids is 1. The van der Waals surface area contributed by atoms with Crippen LogP contribution in [0.25, 0.3) is 0 Å². The molecule has 0 aliphatic heterocycles. The van der Waals surface area contributed by atoms with E-state index < -0.39 is 11.5 Å². The van der Waals surface area contributed by atoms with Gasteiger partial charge in [-0.15, -0.1) is 0 Å². The number of hydrogen-bond acceptors (Lipinski definition) is 6. The van der Waals surface area contributed by atoms with Crippen molar-refractivity contribution in [3.05, 3.63) is 125 Å². The molecule has 4 rings (SSSR count). The number of hydrazine groups is 1. The molecule has 0 heterocycles. The lowest BCUT2D eigenvalue weighted by Gasteiger charge is -2.30. The quantitative estimate of drug-likeness (QED) is 0.282. The Hall–Kier alpha value is -4.33. The van der Waals surface area contributed by atoms with Crippen molar-refractivity contribution in [1.82, 2.24) is 10.9 Å². The van der Waals surface area contributed by atoms with E-state index in [0.717, 1.165) is 16.9 Å². The second-order valence-electron chi connectivity index (χ2n) is 8.38.